The van der Waals surface area contributed by atoms with E-state index < -0.39 is 23.0 Å². The predicted molar refractivity (Wildman–Crippen MR) is 131 cm³/mol. The number of nitrogens with one attached hydrogen (secondary N) is 1. The highest BCUT2D eigenvalue weighted by molar-refractivity contribution is 6.16. The number of anilines is 1. The van der Waals surface area contributed by atoms with Gasteiger partial charge in [0.25, 0.3) is 11.7 Å². The first-order chi connectivity index (χ1) is 16.8. The van der Waals surface area contributed by atoms with Crippen LogP contribution in [0, 0.1) is 0 Å². The molecule has 2 heterocycles. The number of aliphatic hydroxyl groups is 1. The Morgan fingerprint density at radius 3 is 2.63 bits per heavy atom. The fourth-order valence-corrected chi connectivity index (χ4v) is 5.17. The molecule has 4 aromatic rings. The lowest BCUT2D eigenvalue weighted by molar-refractivity contribution is -0.169. The van der Waals surface area contributed by atoms with Gasteiger partial charge in [0.2, 0.25) is 11.3 Å². The van der Waals surface area contributed by atoms with E-state index in [-0.39, 0.29) is 28.4 Å². The van der Waals surface area contributed by atoms with Crippen molar-refractivity contribution in [3.05, 3.63) is 101 Å². The monoisotopic (exact) mass is 465 g/mol. The van der Waals surface area contributed by atoms with E-state index in [1.807, 2.05) is 38.1 Å². The van der Waals surface area contributed by atoms with Crippen molar-refractivity contribution in [2.24, 2.45) is 0 Å². The Kier molecular flexibility index (Phi) is 4.34. The minimum absolute atomic E-state index is 0.115. The zero-order valence-corrected chi connectivity index (χ0v) is 19.2. The molecule has 6 rings (SSSR count). The van der Waals surface area contributed by atoms with Gasteiger partial charge >= 0.3 is 0 Å². The number of ether oxygens (including phenoxy) is 1. The Bertz CT molecular complexity index is 1560. The van der Waals surface area contributed by atoms with Crippen molar-refractivity contribution in [2.45, 2.75) is 31.1 Å². The molecule has 2 unspecified atom stereocenters. The summed E-state index contributed by atoms with van der Waals surface area (Å²) in [6.07, 6.45) is 0. The highest BCUT2D eigenvalue weighted by Gasteiger charge is 2.72. The topological polar surface area (TPSA) is 115 Å². The average molecular weight is 466 g/mol. The molecule has 7 nitrogen and oxygen atoms in total. The number of pyridine rings is 1. The third-order valence-electron chi connectivity index (χ3n) is 7.00. The molecule has 0 bridgehead atoms. The number of nitrogen functional groups attached to an aromatic ring is 1. The van der Waals surface area contributed by atoms with E-state index in [1.54, 1.807) is 48.5 Å². The van der Waals surface area contributed by atoms with Gasteiger partial charge in [0, 0.05) is 22.2 Å². The number of amides is 1. The predicted octanol–water partition coefficient (Wildman–Crippen LogP) is 4.00. The van der Waals surface area contributed by atoms with Crippen molar-refractivity contribution < 1.29 is 19.4 Å². The molecular formula is C28H23N3O4. The molecule has 1 aliphatic heterocycles. The van der Waals surface area contributed by atoms with Crippen LogP contribution in [0.2, 0.25) is 0 Å². The van der Waals surface area contributed by atoms with Crippen LogP contribution in [-0.4, -0.2) is 21.8 Å². The zero-order valence-electron chi connectivity index (χ0n) is 19.2. The summed E-state index contributed by atoms with van der Waals surface area (Å²) in [5.74, 6) is -2.77. The fourth-order valence-electron chi connectivity index (χ4n) is 5.17. The highest BCUT2D eigenvalue weighted by Crippen LogP contribution is 2.59. The number of carbonyl (C=O) groups is 2. The lowest BCUT2D eigenvalue weighted by atomic mass is 9.82. The summed E-state index contributed by atoms with van der Waals surface area (Å²) in [5.41, 5.74) is 6.91. The number of carbonyl (C=O) groups excluding carboxylic acids is 2. The second-order valence-corrected chi connectivity index (χ2v) is 9.35. The molecule has 0 saturated heterocycles. The Morgan fingerprint density at radius 2 is 1.83 bits per heavy atom. The van der Waals surface area contributed by atoms with Gasteiger partial charge in [-0.2, -0.15) is 0 Å². The van der Waals surface area contributed by atoms with Gasteiger partial charge < -0.3 is 20.9 Å². The summed E-state index contributed by atoms with van der Waals surface area (Å²) in [4.78, 5) is 32.1. The molecule has 1 aliphatic carbocycles. The van der Waals surface area contributed by atoms with Gasteiger partial charge in [0.15, 0.2) is 0 Å². The number of ketones is 1. The molecule has 35 heavy (non-hydrogen) atoms. The van der Waals surface area contributed by atoms with Crippen LogP contribution in [0.4, 0.5) is 5.69 Å². The van der Waals surface area contributed by atoms with Crippen molar-refractivity contribution >= 4 is 28.3 Å². The summed E-state index contributed by atoms with van der Waals surface area (Å²) < 4.78 is 6.12. The summed E-state index contributed by atoms with van der Waals surface area (Å²) in [6.45, 7) is 4.08. The van der Waals surface area contributed by atoms with Gasteiger partial charge in [0.1, 0.15) is 11.4 Å². The molecule has 174 valence electrons. The van der Waals surface area contributed by atoms with Gasteiger partial charge in [-0.1, -0.05) is 62.4 Å². The van der Waals surface area contributed by atoms with Crippen molar-refractivity contribution in [1.29, 1.82) is 0 Å². The first-order valence-corrected chi connectivity index (χ1v) is 11.4. The van der Waals surface area contributed by atoms with E-state index in [2.05, 4.69) is 10.3 Å². The molecule has 7 heteroatoms. The van der Waals surface area contributed by atoms with Crippen LogP contribution in [0.5, 0.6) is 5.75 Å². The van der Waals surface area contributed by atoms with Crippen LogP contribution in [-0.2, 0) is 11.3 Å². The standard InChI is InChI=1S/C28H23N3O4/c1-15(2)17-10-12-18-23(14-17)35-28(34)19-7-5-8-20(29)24(19)25(32)27(18,28)31-26(33)22-13-11-16-6-3-4-9-21(16)30-22/h3-15,34H,29H2,1-2H3,(H,31,33). The first-order valence-electron chi connectivity index (χ1n) is 11.4. The van der Waals surface area contributed by atoms with E-state index >= 15 is 0 Å². The second kappa shape index (κ2) is 7.13. The largest absolute Gasteiger partial charge is 0.454 e. The van der Waals surface area contributed by atoms with Crippen LogP contribution in [0.15, 0.2) is 72.8 Å². The minimum Gasteiger partial charge on any atom is -0.454 e. The maximum absolute atomic E-state index is 14.0. The number of fused-ring (bicyclic) bond motifs is 6. The van der Waals surface area contributed by atoms with Gasteiger partial charge in [-0.3, -0.25) is 9.59 Å². The molecule has 1 aromatic heterocycles. The molecule has 0 saturated carbocycles. The number of para-hydroxylation sites is 1. The molecule has 0 fully saturated rings. The average Bonchev–Trinajstić information content (AvgIpc) is 3.21. The SMILES string of the molecule is CC(C)c1ccc2c(c1)OC1(O)c3cccc(N)c3C(=O)C21NC(=O)c1ccc2ccccc2n1. The summed E-state index contributed by atoms with van der Waals surface area (Å²) >= 11 is 0. The van der Waals surface area contributed by atoms with Crippen molar-refractivity contribution in [2.75, 3.05) is 5.73 Å². The summed E-state index contributed by atoms with van der Waals surface area (Å²) in [6, 6.07) is 21.1. The van der Waals surface area contributed by atoms with Gasteiger partial charge in [-0.05, 0) is 35.7 Å². The van der Waals surface area contributed by atoms with Crippen LogP contribution >= 0.6 is 0 Å². The quantitative estimate of drug-likeness (QED) is 0.394. The molecule has 3 aromatic carbocycles. The normalized spacial score (nSPS) is 22.0. The lowest BCUT2D eigenvalue weighted by Crippen LogP contribution is -2.60. The number of nitrogens with two attached hydrogens (primary N) is 1. The lowest BCUT2D eigenvalue weighted by Gasteiger charge is -2.34. The first kappa shape index (κ1) is 21.3. The number of hydrogen-bond acceptors (Lipinski definition) is 6. The van der Waals surface area contributed by atoms with E-state index in [0.717, 1.165) is 10.9 Å². The smallest absolute Gasteiger partial charge is 0.271 e. The van der Waals surface area contributed by atoms with Gasteiger partial charge in [-0.25, -0.2) is 4.98 Å². The highest BCUT2D eigenvalue weighted by atomic mass is 16.6. The molecule has 1 amide bonds. The molecule has 2 atom stereocenters. The van der Waals surface area contributed by atoms with Crippen LogP contribution in [0.25, 0.3) is 10.9 Å². The van der Waals surface area contributed by atoms with Crippen molar-refractivity contribution in [3.63, 3.8) is 0 Å². The maximum Gasteiger partial charge on any atom is 0.271 e. The molecule has 0 radical (unpaired) electrons. The molecule has 4 N–H and O–H groups in total. The fraction of sp³-hybridized carbons (Fsp3) is 0.179. The molecule has 0 spiro atoms. The number of nitrogens with zero attached hydrogens (tertiary/aromatic N) is 1. The minimum atomic E-state index is -2.17. The third kappa shape index (κ3) is 2.73. The number of hydrogen-bond donors (Lipinski definition) is 3. The maximum atomic E-state index is 14.0. The summed E-state index contributed by atoms with van der Waals surface area (Å²) in [7, 11) is 0. The Morgan fingerprint density at radius 1 is 1.03 bits per heavy atom. The van der Waals surface area contributed by atoms with Gasteiger partial charge in [-0.15, -0.1) is 0 Å². The summed E-state index contributed by atoms with van der Waals surface area (Å²) in [5, 5.41) is 15.7. The van der Waals surface area contributed by atoms with Crippen molar-refractivity contribution in [1.82, 2.24) is 10.3 Å². The van der Waals surface area contributed by atoms with Gasteiger partial charge in [0.05, 0.1) is 11.1 Å². The van der Waals surface area contributed by atoms with Crippen LogP contribution < -0.4 is 15.8 Å². The molecule has 2 aliphatic rings. The molecular weight excluding hydrogens is 442 g/mol. The van der Waals surface area contributed by atoms with E-state index in [4.69, 9.17) is 10.5 Å². The number of rotatable bonds is 3. The van der Waals surface area contributed by atoms with E-state index in [0.29, 0.717) is 16.8 Å². The number of aromatic nitrogens is 1. The number of Topliss-reactive ketones (excluding diaryl/α,β-unsaturated/α-hetero) is 1. The Hall–Kier alpha value is -4.23. The van der Waals surface area contributed by atoms with Crippen LogP contribution in [0.3, 0.4) is 0 Å². The van der Waals surface area contributed by atoms with E-state index in [9.17, 15) is 14.7 Å². The van der Waals surface area contributed by atoms with Crippen molar-refractivity contribution in [3.8, 4) is 5.75 Å². The third-order valence-corrected chi connectivity index (χ3v) is 7.00. The Labute approximate surface area is 201 Å². The Balaban J connectivity index is 1.54. The zero-order chi connectivity index (χ0) is 24.5. The second-order valence-electron chi connectivity index (χ2n) is 9.35. The van der Waals surface area contributed by atoms with Crippen LogP contribution in [0.1, 0.15) is 57.3 Å². The van der Waals surface area contributed by atoms with E-state index in [1.165, 1.54) is 0 Å². The number of benzene rings is 3.